The molecule has 0 amide bonds. The minimum Gasteiger partial charge on any atom is -0.475 e. The highest BCUT2D eigenvalue weighted by Crippen LogP contribution is 2.33. The van der Waals surface area contributed by atoms with Gasteiger partial charge in [0, 0.05) is 37.6 Å². The Morgan fingerprint density at radius 3 is 2.32 bits per heavy atom. The first-order valence-corrected chi connectivity index (χ1v) is 12.7. The maximum atomic E-state index is 14.1. The van der Waals surface area contributed by atoms with Gasteiger partial charge in [0.15, 0.2) is 15.5 Å². The van der Waals surface area contributed by atoms with E-state index in [2.05, 4.69) is 9.97 Å². The van der Waals surface area contributed by atoms with Crippen LogP contribution < -0.4 is 14.5 Å². The van der Waals surface area contributed by atoms with E-state index in [1.807, 2.05) is 18.7 Å². The quantitative estimate of drug-likeness (QED) is 0.547. The van der Waals surface area contributed by atoms with Crippen molar-refractivity contribution in [3.8, 4) is 5.88 Å². The van der Waals surface area contributed by atoms with Crippen LogP contribution in [-0.2, 0) is 16.0 Å². The zero-order valence-electron chi connectivity index (χ0n) is 19.6. The summed E-state index contributed by atoms with van der Waals surface area (Å²) in [5, 5.41) is 0. The Kier molecular flexibility index (Phi) is 7.30. The van der Waals surface area contributed by atoms with E-state index in [0.717, 1.165) is 18.4 Å². The topological polar surface area (TPSA) is 75.6 Å². The van der Waals surface area contributed by atoms with Gasteiger partial charge in [0.05, 0.1) is 12.1 Å². The summed E-state index contributed by atoms with van der Waals surface area (Å²) in [5.74, 6) is -1.08. The van der Waals surface area contributed by atoms with E-state index in [4.69, 9.17) is 4.74 Å². The lowest BCUT2D eigenvalue weighted by Gasteiger charge is -2.44. The minimum absolute atomic E-state index is 0.00904. The standard InChI is InChI=1S/C22H28F4N4O3S/c1-13(2)17-12-29(15-6-7-16(23)18(10-15)34(5,31)32)8-9-30(17)21-27-19(22(24,25)26)11-20(28-21)33-14(3)4/h6-7,10-11,13-14,17H,8-9,12H2,1-5H3. The molecule has 7 nitrogen and oxygen atoms in total. The van der Waals surface area contributed by atoms with E-state index in [1.165, 1.54) is 12.1 Å². The molecule has 0 N–H and O–H groups in total. The average Bonchev–Trinajstić information content (AvgIpc) is 2.71. The van der Waals surface area contributed by atoms with E-state index < -0.39 is 32.4 Å². The summed E-state index contributed by atoms with van der Waals surface area (Å²) in [4.78, 5) is 11.2. The summed E-state index contributed by atoms with van der Waals surface area (Å²) >= 11 is 0. The molecule has 12 heteroatoms. The van der Waals surface area contributed by atoms with E-state index in [1.54, 1.807) is 18.7 Å². The molecule has 1 aromatic carbocycles. The molecule has 0 spiro atoms. The number of rotatable bonds is 6. The normalized spacial score (nSPS) is 17.6. The van der Waals surface area contributed by atoms with Crippen molar-refractivity contribution < 1.29 is 30.7 Å². The molecule has 1 fully saturated rings. The van der Waals surface area contributed by atoms with Crippen LogP contribution in [0.1, 0.15) is 33.4 Å². The van der Waals surface area contributed by atoms with Crippen molar-refractivity contribution in [1.82, 2.24) is 9.97 Å². The van der Waals surface area contributed by atoms with E-state index in [0.29, 0.717) is 18.8 Å². The third-order valence-electron chi connectivity index (χ3n) is 5.46. The number of ether oxygens (including phenoxy) is 1. The lowest BCUT2D eigenvalue weighted by molar-refractivity contribution is -0.141. The highest BCUT2D eigenvalue weighted by Gasteiger charge is 2.37. The molecule has 0 aliphatic carbocycles. The number of halogens is 4. The number of piperazine rings is 1. The van der Waals surface area contributed by atoms with Gasteiger partial charge in [0.2, 0.25) is 11.8 Å². The minimum atomic E-state index is -4.67. The van der Waals surface area contributed by atoms with Crippen molar-refractivity contribution in [3.05, 3.63) is 35.8 Å². The molecule has 1 saturated heterocycles. The van der Waals surface area contributed by atoms with Crippen LogP contribution in [0.15, 0.2) is 29.2 Å². The Balaban J connectivity index is 1.96. The van der Waals surface area contributed by atoms with Gasteiger partial charge in [-0.2, -0.15) is 18.2 Å². The monoisotopic (exact) mass is 504 g/mol. The Hall–Kier alpha value is -2.63. The predicted octanol–water partition coefficient (Wildman–Crippen LogP) is 4.18. The van der Waals surface area contributed by atoms with Gasteiger partial charge in [-0.25, -0.2) is 17.8 Å². The zero-order valence-corrected chi connectivity index (χ0v) is 20.4. The molecule has 1 aliphatic heterocycles. The first-order chi connectivity index (χ1) is 15.7. The molecule has 1 atom stereocenters. The number of sulfone groups is 1. The SMILES string of the molecule is CC(C)Oc1cc(C(F)(F)F)nc(N2CCN(c3ccc(F)c(S(C)(=O)=O)c3)CC2C(C)C)n1. The number of nitrogens with zero attached hydrogens (tertiary/aromatic N) is 4. The largest absolute Gasteiger partial charge is 0.475 e. The van der Waals surface area contributed by atoms with Gasteiger partial charge in [-0.05, 0) is 38.0 Å². The second-order valence-corrected chi connectivity index (χ2v) is 10.9. The maximum Gasteiger partial charge on any atom is 0.433 e. The predicted molar refractivity (Wildman–Crippen MR) is 120 cm³/mol. The number of benzene rings is 1. The van der Waals surface area contributed by atoms with Gasteiger partial charge in [-0.15, -0.1) is 0 Å². The summed E-state index contributed by atoms with van der Waals surface area (Å²) in [6, 6.07) is 4.37. The molecule has 0 saturated carbocycles. The van der Waals surface area contributed by atoms with Crippen LogP contribution in [0, 0.1) is 11.7 Å². The molecule has 1 aliphatic rings. The Morgan fingerprint density at radius 2 is 1.76 bits per heavy atom. The Morgan fingerprint density at radius 1 is 1.09 bits per heavy atom. The number of hydrogen-bond donors (Lipinski definition) is 0. The van der Waals surface area contributed by atoms with Crippen LogP contribution in [0.5, 0.6) is 5.88 Å². The Labute approximate surface area is 196 Å². The van der Waals surface area contributed by atoms with Crippen LogP contribution >= 0.6 is 0 Å². The van der Waals surface area contributed by atoms with Crippen molar-refractivity contribution >= 4 is 21.5 Å². The van der Waals surface area contributed by atoms with Crippen molar-refractivity contribution in [2.75, 3.05) is 35.7 Å². The maximum absolute atomic E-state index is 14.1. The second-order valence-electron chi connectivity index (χ2n) is 8.89. The molecule has 34 heavy (non-hydrogen) atoms. The van der Waals surface area contributed by atoms with E-state index in [-0.39, 0.29) is 36.4 Å². The van der Waals surface area contributed by atoms with Crippen molar-refractivity contribution in [1.29, 1.82) is 0 Å². The van der Waals surface area contributed by atoms with Gasteiger partial charge in [-0.1, -0.05) is 13.8 Å². The molecule has 2 heterocycles. The molecular weight excluding hydrogens is 476 g/mol. The number of anilines is 2. The van der Waals surface area contributed by atoms with Gasteiger partial charge in [0.25, 0.3) is 0 Å². The summed E-state index contributed by atoms with van der Waals surface area (Å²) in [5.41, 5.74) is -0.574. The van der Waals surface area contributed by atoms with Crippen molar-refractivity contribution in [2.24, 2.45) is 5.92 Å². The highest BCUT2D eigenvalue weighted by atomic mass is 32.2. The molecule has 3 rings (SSSR count). The Bertz CT molecular complexity index is 1140. The van der Waals surface area contributed by atoms with Gasteiger partial charge in [-0.3, -0.25) is 0 Å². The fraction of sp³-hybridized carbons (Fsp3) is 0.545. The fourth-order valence-corrected chi connectivity index (χ4v) is 4.58. The number of aromatic nitrogens is 2. The van der Waals surface area contributed by atoms with Crippen LogP contribution in [0.2, 0.25) is 0 Å². The molecule has 1 unspecified atom stereocenters. The van der Waals surface area contributed by atoms with E-state index >= 15 is 0 Å². The first kappa shape index (κ1) is 26.0. The van der Waals surface area contributed by atoms with Crippen molar-refractivity contribution in [3.63, 3.8) is 0 Å². The van der Waals surface area contributed by atoms with Crippen LogP contribution in [-0.4, -0.2) is 56.4 Å². The third kappa shape index (κ3) is 5.89. The molecule has 2 aromatic rings. The summed E-state index contributed by atoms with van der Waals surface area (Å²) in [6.45, 7) is 8.21. The molecule has 1 aromatic heterocycles. The molecular formula is C22H28F4N4O3S. The smallest absolute Gasteiger partial charge is 0.433 e. The van der Waals surface area contributed by atoms with Crippen LogP contribution in [0.3, 0.4) is 0 Å². The molecule has 0 bridgehead atoms. The van der Waals surface area contributed by atoms with Crippen LogP contribution in [0.4, 0.5) is 29.2 Å². The van der Waals surface area contributed by atoms with Crippen LogP contribution in [0.25, 0.3) is 0 Å². The van der Waals surface area contributed by atoms with Gasteiger partial charge >= 0.3 is 6.18 Å². The number of hydrogen-bond acceptors (Lipinski definition) is 7. The average molecular weight is 505 g/mol. The summed E-state index contributed by atoms with van der Waals surface area (Å²) in [7, 11) is -3.76. The lowest BCUT2D eigenvalue weighted by atomic mass is 9.99. The van der Waals surface area contributed by atoms with Crippen molar-refractivity contribution in [2.45, 2.75) is 50.9 Å². The summed E-state index contributed by atoms with van der Waals surface area (Å²) < 4.78 is 83.9. The lowest BCUT2D eigenvalue weighted by Crippen LogP contribution is -2.56. The summed E-state index contributed by atoms with van der Waals surface area (Å²) in [6.07, 6.45) is -4.10. The first-order valence-electron chi connectivity index (χ1n) is 10.8. The molecule has 0 radical (unpaired) electrons. The van der Waals surface area contributed by atoms with Gasteiger partial charge < -0.3 is 14.5 Å². The van der Waals surface area contributed by atoms with E-state index in [9.17, 15) is 26.0 Å². The fourth-order valence-electron chi connectivity index (χ4n) is 3.82. The highest BCUT2D eigenvalue weighted by molar-refractivity contribution is 7.90. The number of alkyl halides is 3. The second kappa shape index (κ2) is 9.55. The van der Waals surface area contributed by atoms with Gasteiger partial charge in [0.1, 0.15) is 10.7 Å². The molecule has 188 valence electrons. The zero-order chi connectivity index (χ0) is 25.4. The third-order valence-corrected chi connectivity index (χ3v) is 6.57.